The number of hydrogen-bond acceptors (Lipinski definition) is 6. The Morgan fingerprint density at radius 2 is 2.05 bits per heavy atom. The Hall–Kier alpha value is -1.99. The molecule has 7 nitrogen and oxygen atoms in total. The van der Waals surface area contributed by atoms with E-state index in [9.17, 15) is 14.9 Å². The smallest absolute Gasteiger partial charge is 0.314 e. The van der Waals surface area contributed by atoms with Crippen molar-refractivity contribution in [3.05, 3.63) is 33.9 Å². The van der Waals surface area contributed by atoms with E-state index in [0.29, 0.717) is 18.8 Å². The molecule has 2 rings (SSSR count). The molecule has 0 atom stereocenters. The van der Waals surface area contributed by atoms with Crippen LogP contribution in [-0.4, -0.2) is 24.1 Å². The van der Waals surface area contributed by atoms with Gasteiger partial charge in [-0.05, 0) is 18.6 Å². The summed E-state index contributed by atoms with van der Waals surface area (Å²) in [5, 5.41) is 11.1. The number of ether oxygens (including phenoxy) is 3. The summed E-state index contributed by atoms with van der Waals surface area (Å²) in [5.41, 5.74) is 0.255. The summed E-state index contributed by atoms with van der Waals surface area (Å²) in [6.45, 7) is 4.41. The molecule has 21 heavy (non-hydrogen) atoms. The van der Waals surface area contributed by atoms with E-state index < -0.39 is 17.2 Å². The number of nitrogens with zero attached hydrogens (tertiary/aromatic N) is 1. The fourth-order valence-electron chi connectivity index (χ4n) is 1.82. The molecule has 1 aromatic carbocycles. The molecule has 1 aliphatic rings. The minimum absolute atomic E-state index is 0.0711. The quantitative estimate of drug-likeness (QED) is 0.367. The molecule has 0 saturated carbocycles. The van der Waals surface area contributed by atoms with Crippen molar-refractivity contribution < 1.29 is 23.9 Å². The third-order valence-corrected chi connectivity index (χ3v) is 2.96. The first-order valence-corrected chi connectivity index (χ1v) is 6.72. The molecule has 0 aliphatic carbocycles. The van der Waals surface area contributed by atoms with Crippen molar-refractivity contribution in [3.63, 3.8) is 0 Å². The van der Waals surface area contributed by atoms with E-state index in [4.69, 9.17) is 14.2 Å². The van der Waals surface area contributed by atoms with E-state index in [1.807, 2.05) is 0 Å². The first-order chi connectivity index (χ1) is 9.99. The number of hydrogen-bond donors (Lipinski definition) is 0. The molecule has 1 aliphatic heterocycles. The van der Waals surface area contributed by atoms with Crippen molar-refractivity contribution in [1.82, 2.24) is 0 Å². The summed E-state index contributed by atoms with van der Waals surface area (Å²) < 4.78 is 15.9. The molecule has 114 valence electrons. The van der Waals surface area contributed by atoms with Gasteiger partial charge in [-0.1, -0.05) is 13.8 Å². The highest BCUT2D eigenvalue weighted by Crippen LogP contribution is 2.33. The van der Waals surface area contributed by atoms with Gasteiger partial charge in [-0.15, -0.1) is 0 Å². The van der Waals surface area contributed by atoms with Crippen LogP contribution in [0.5, 0.6) is 5.75 Å². The zero-order valence-corrected chi connectivity index (χ0v) is 11.9. The maximum atomic E-state index is 11.6. The highest BCUT2D eigenvalue weighted by Gasteiger charge is 2.24. The van der Waals surface area contributed by atoms with Crippen LogP contribution in [0, 0.1) is 16.0 Å². The van der Waals surface area contributed by atoms with Gasteiger partial charge in [-0.25, -0.2) is 0 Å². The predicted molar refractivity (Wildman–Crippen MR) is 72.8 cm³/mol. The molecule has 0 amide bonds. The second-order valence-electron chi connectivity index (χ2n) is 4.99. The largest absolute Gasteiger partial charge is 0.419 e. The van der Waals surface area contributed by atoms with Crippen molar-refractivity contribution in [2.75, 3.05) is 13.2 Å². The van der Waals surface area contributed by atoms with Crippen LogP contribution in [-0.2, 0) is 14.3 Å². The second kappa shape index (κ2) is 6.64. The molecule has 0 aromatic heterocycles. The molecule has 1 aromatic rings. The van der Waals surface area contributed by atoms with E-state index in [-0.39, 0.29) is 17.4 Å². The maximum Gasteiger partial charge on any atom is 0.314 e. The van der Waals surface area contributed by atoms with Crippen molar-refractivity contribution in [3.8, 4) is 5.75 Å². The number of carbonyl (C=O) groups excluding carboxylic acids is 1. The summed E-state index contributed by atoms with van der Waals surface area (Å²) in [6, 6.07) is 4.32. The summed E-state index contributed by atoms with van der Waals surface area (Å²) in [5.74, 6) is -0.955. The van der Waals surface area contributed by atoms with Crippen LogP contribution < -0.4 is 4.74 Å². The zero-order valence-electron chi connectivity index (χ0n) is 11.9. The second-order valence-corrected chi connectivity index (χ2v) is 4.99. The molecule has 0 radical (unpaired) electrons. The highest BCUT2D eigenvalue weighted by molar-refractivity contribution is 5.75. The van der Waals surface area contributed by atoms with E-state index in [2.05, 4.69) is 0 Å². The molecule has 0 N–H and O–H groups in total. The number of nitro benzene ring substituents is 1. The summed E-state index contributed by atoms with van der Waals surface area (Å²) >= 11 is 0. The van der Waals surface area contributed by atoms with Gasteiger partial charge in [0.05, 0.1) is 24.1 Å². The number of rotatable bonds is 4. The van der Waals surface area contributed by atoms with E-state index >= 15 is 0 Å². The first kappa shape index (κ1) is 15.4. The highest BCUT2D eigenvalue weighted by atomic mass is 16.7. The number of benzene rings is 1. The Balaban J connectivity index is 2.26. The van der Waals surface area contributed by atoms with Crippen molar-refractivity contribution in [2.45, 2.75) is 26.6 Å². The fraction of sp³-hybridized carbons (Fsp3) is 0.500. The third kappa shape index (κ3) is 3.77. The van der Waals surface area contributed by atoms with Gasteiger partial charge in [0.1, 0.15) is 0 Å². The number of esters is 1. The standard InChI is InChI=1S/C14H17NO6/c1-9(2)13(16)21-12-5-4-10(8-11(12)15(17)18)14-19-6-3-7-20-14/h4-5,8-9,14H,3,6-7H2,1-2H3. The lowest BCUT2D eigenvalue weighted by Crippen LogP contribution is -2.18. The molecule has 1 fully saturated rings. The van der Waals surface area contributed by atoms with Crippen LogP contribution >= 0.6 is 0 Å². The monoisotopic (exact) mass is 295 g/mol. The summed E-state index contributed by atoms with van der Waals surface area (Å²) in [4.78, 5) is 22.1. The van der Waals surface area contributed by atoms with Crippen molar-refractivity contribution in [2.24, 2.45) is 5.92 Å². The Morgan fingerprint density at radius 1 is 1.38 bits per heavy atom. The molecule has 1 heterocycles. The average Bonchev–Trinajstić information content (AvgIpc) is 2.48. The molecule has 0 unspecified atom stereocenters. The maximum absolute atomic E-state index is 11.6. The SMILES string of the molecule is CC(C)C(=O)Oc1ccc(C2OCCCO2)cc1[N+](=O)[O-]. The van der Waals surface area contributed by atoms with Gasteiger partial charge < -0.3 is 14.2 Å². The van der Waals surface area contributed by atoms with Crippen LogP contribution in [0.4, 0.5) is 5.69 Å². The van der Waals surface area contributed by atoms with Crippen LogP contribution in [0.1, 0.15) is 32.1 Å². The fourth-order valence-corrected chi connectivity index (χ4v) is 1.82. The van der Waals surface area contributed by atoms with Crippen LogP contribution in [0.15, 0.2) is 18.2 Å². The first-order valence-electron chi connectivity index (χ1n) is 6.72. The van der Waals surface area contributed by atoms with Crippen LogP contribution in [0.3, 0.4) is 0 Å². The summed E-state index contributed by atoms with van der Waals surface area (Å²) in [7, 11) is 0. The van der Waals surface area contributed by atoms with Gasteiger partial charge >= 0.3 is 11.7 Å². The van der Waals surface area contributed by atoms with E-state index in [1.54, 1.807) is 19.9 Å². The molecule has 0 spiro atoms. The number of carbonyl (C=O) groups is 1. The van der Waals surface area contributed by atoms with Gasteiger partial charge in [0, 0.05) is 11.6 Å². The molecular weight excluding hydrogens is 278 g/mol. The average molecular weight is 295 g/mol. The molecular formula is C14H17NO6. The summed E-state index contributed by atoms with van der Waals surface area (Å²) in [6.07, 6.45) is 0.176. The van der Waals surface area contributed by atoms with Crippen molar-refractivity contribution >= 4 is 11.7 Å². The Labute approximate surface area is 122 Å². The lowest BCUT2D eigenvalue weighted by molar-refractivity contribution is -0.385. The third-order valence-electron chi connectivity index (χ3n) is 2.96. The van der Waals surface area contributed by atoms with Crippen LogP contribution in [0.2, 0.25) is 0 Å². The van der Waals surface area contributed by atoms with Gasteiger partial charge in [0.15, 0.2) is 6.29 Å². The van der Waals surface area contributed by atoms with Gasteiger partial charge in [-0.2, -0.15) is 0 Å². The Morgan fingerprint density at radius 3 is 2.62 bits per heavy atom. The molecule has 7 heteroatoms. The molecule has 0 bridgehead atoms. The minimum atomic E-state index is -0.618. The lowest BCUT2D eigenvalue weighted by Gasteiger charge is -2.23. The predicted octanol–water partition coefficient (Wildman–Crippen LogP) is 2.59. The van der Waals surface area contributed by atoms with Gasteiger partial charge in [0.2, 0.25) is 5.75 Å². The Bertz CT molecular complexity index is 536. The van der Waals surface area contributed by atoms with Gasteiger partial charge in [0.25, 0.3) is 0 Å². The van der Waals surface area contributed by atoms with Gasteiger partial charge in [-0.3, -0.25) is 14.9 Å². The van der Waals surface area contributed by atoms with E-state index in [0.717, 1.165) is 6.42 Å². The minimum Gasteiger partial charge on any atom is -0.419 e. The van der Waals surface area contributed by atoms with Crippen LogP contribution in [0.25, 0.3) is 0 Å². The van der Waals surface area contributed by atoms with Crippen molar-refractivity contribution in [1.29, 1.82) is 0 Å². The number of nitro groups is 1. The topological polar surface area (TPSA) is 87.9 Å². The molecule has 1 saturated heterocycles. The zero-order chi connectivity index (χ0) is 15.4. The Kier molecular flexibility index (Phi) is 4.87. The van der Waals surface area contributed by atoms with E-state index in [1.165, 1.54) is 12.1 Å². The normalized spacial score (nSPS) is 16.0. The lowest BCUT2D eigenvalue weighted by atomic mass is 10.1.